The fourth-order valence-electron chi connectivity index (χ4n) is 3.56. The van der Waals surface area contributed by atoms with E-state index in [1.807, 2.05) is 60.7 Å². The van der Waals surface area contributed by atoms with E-state index in [1.165, 1.54) is 29.7 Å². The average molecular weight is 478 g/mol. The fourth-order valence-corrected chi connectivity index (χ4v) is 5.35. The second-order valence-corrected chi connectivity index (χ2v) is 10.1. The normalized spacial score (nSPS) is 12.2. The van der Waals surface area contributed by atoms with Gasteiger partial charge >= 0.3 is 0 Å². The third-order valence-electron chi connectivity index (χ3n) is 5.31. The number of benzene rings is 3. The Morgan fingerprint density at radius 1 is 0.970 bits per heavy atom. The van der Waals surface area contributed by atoms with Crippen LogP contribution in [0.3, 0.4) is 0 Å². The van der Waals surface area contributed by atoms with Gasteiger partial charge in [-0.25, -0.2) is 13.4 Å². The van der Waals surface area contributed by atoms with E-state index in [0.717, 1.165) is 11.1 Å². The molecular weight excluding hydrogens is 454 g/mol. The van der Waals surface area contributed by atoms with Gasteiger partial charge in [-0.1, -0.05) is 60.7 Å². The van der Waals surface area contributed by atoms with Crippen LogP contribution in [0.5, 0.6) is 0 Å². The molecule has 8 heteroatoms. The van der Waals surface area contributed by atoms with E-state index in [0.29, 0.717) is 17.1 Å². The Bertz CT molecular complexity index is 1290. The number of aromatic nitrogens is 1. The van der Waals surface area contributed by atoms with Crippen LogP contribution in [0.25, 0.3) is 0 Å². The molecule has 0 saturated carbocycles. The molecule has 0 bridgehead atoms. The summed E-state index contributed by atoms with van der Waals surface area (Å²) in [5.74, 6) is -0.184. The van der Waals surface area contributed by atoms with Gasteiger partial charge in [-0.3, -0.25) is 9.52 Å². The van der Waals surface area contributed by atoms with Crippen LogP contribution in [-0.2, 0) is 16.4 Å². The van der Waals surface area contributed by atoms with Gasteiger partial charge in [-0.05, 0) is 41.8 Å². The molecule has 1 N–H and O–H groups in total. The van der Waals surface area contributed by atoms with Crippen molar-refractivity contribution in [2.24, 2.45) is 0 Å². The third kappa shape index (κ3) is 5.47. The summed E-state index contributed by atoms with van der Waals surface area (Å²) >= 11 is 1.20. The zero-order valence-electron chi connectivity index (χ0n) is 18.0. The number of thiazole rings is 1. The lowest BCUT2D eigenvalue weighted by molar-refractivity contribution is 0.0729. The molecular formula is C25H23N3O3S2. The monoisotopic (exact) mass is 477 g/mol. The molecule has 0 fully saturated rings. The van der Waals surface area contributed by atoms with Crippen LogP contribution in [0.4, 0.5) is 5.13 Å². The van der Waals surface area contributed by atoms with Gasteiger partial charge in [0.1, 0.15) is 0 Å². The standard InChI is InChI=1S/C25H23N3O3S2/c1-28(23(20-10-6-3-7-11-20)18-19-8-4-2-5-9-19)24(29)21-12-14-22(15-13-21)33(30,31)27-25-26-16-17-32-25/h2-17,23H,18H2,1H3,(H,26,27). The molecule has 0 aliphatic carbocycles. The maximum atomic E-state index is 13.3. The van der Waals surface area contributed by atoms with Gasteiger partial charge in [0.2, 0.25) is 0 Å². The molecule has 0 spiro atoms. The third-order valence-corrected chi connectivity index (χ3v) is 7.48. The molecule has 1 heterocycles. The van der Waals surface area contributed by atoms with E-state index in [4.69, 9.17) is 0 Å². The van der Waals surface area contributed by atoms with Gasteiger partial charge in [0, 0.05) is 24.2 Å². The number of anilines is 1. The minimum absolute atomic E-state index is 0.0702. The summed E-state index contributed by atoms with van der Waals surface area (Å²) in [5.41, 5.74) is 2.57. The predicted molar refractivity (Wildman–Crippen MR) is 131 cm³/mol. The molecule has 4 aromatic rings. The number of hydrogen-bond donors (Lipinski definition) is 1. The number of hydrogen-bond acceptors (Lipinski definition) is 5. The summed E-state index contributed by atoms with van der Waals surface area (Å²) in [6.45, 7) is 0. The first-order chi connectivity index (χ1) is 15.9. The molecule has 168 valence electrons. The van der Waals surface area contributed by atoms with Gasteiger partial charge in [-0.2, -0.15) is 0 Å². The van der Waals surface area contributed by atoms with Crippen molar-refractivity contribution in [1.82, 2.24) is 9.88 Å². The molecule has 4 rings (SSSR count). The highest BCUT2D eigenvalue weighted by Crippen LogP contribution is 2.26. The maximum absolute atomic E-state index is 13.3. The van der Waals surface area contributed by atoms with Gasteiger partial charge < -0.3 is 4.90 Å². The molecule has 0 radical (unpaired) electrons. The van der Waals surface area contributed by atoms with Crippen LogP contribution in [0.2, 0.25) is 0 Å². The smallest absolute Gasteiger partial charge is 0.263 e. The molecule has 3 aromatic carbocycles. The van der Waals surface area contributed by atoms with Crippen molar-refractivity contribution >= 4 is 32.4 Å². The highest BCUT2D eigenvalue weighted by molar-refractivity contribution is 7.93. The van der Waals surface area contributed by atoms with Crippen LogP contribution in [0, 0.1) is 0 Å². The first kappa shape index (κ1) is 22.7. The lowest BCUT2D eigenvalue weighted by atomic mass is 9.97. The second kappa shape index (κ2) is 9.97. The predicted octanol–water partition coefficient (Wildman–Crippen LogP) is 5.00. The quantitative estimate of drug-likeness (QED) is 0.387. The Hall–Kier alpha value is -3.49. The van der Waals surface area contributed by atoms with Crippen molar-refractivity contribution in [2.45, 2.75) is 17.4 Å². The number of carbonyl (C=O) groups is 1. The zero-order chi connectivity index (χ0) is 23.3. The van der Waals surface area contributed by atoms with E-state index in [9.17, 15) is 13.2 Å². The first-order valence-electron chi connectivity index (χ1n) is 10.3. The van der Waals surface area contributed by atoms with E-state index in [1.54, 1.807) is 29.5 Å². The van der Waals surface area contributed by atoms with Gasteiger partial charge in [0.05, 0.1) is 10.9 Å². The van der Waals surface area contributed by atoms with E-state index in [-0.39, 0.29) is 16.8 Å². The van der Waals surface area contributed by atoms with Crippen molar-refractivity contribution in [2.75, 3.05) is 11.8 Å². The molecule has 1 atom stereocenters. The molecule has 33 heavy (non-hydrogen) atoms. The van der Waals surface area contributed by atoms with Crippen molar-refractivity contribution in [3.63, 3.8) is 0 Å². The first-order valence-corrected chi connectivity index (χ1v) is 12.7. The Morgan fingerprint density at radius 3 is 2.21 bits per heavy atom. The van der Waals surface area contributed by atoms with Crippen LogP contribution in [0.15, 0.2) is 101 Å². The highest BCUT2D eigenvalue weighted by Gasteiger charge is 2.24. The Labute approximate surface area is 197 Å². The summed E-state index contributed by atoms with van der Waals surface area (Å²) in [6, 6.07) is 25.7. The Morgan fingerprint density at radius 2 is 1.61 bits per heavy atom. The second-order valence-electron chi connectivity index (χ2n) is 7.50. The van der Waals surface area contributed by atoms with Gasteiger partial charge in [0.15, 0.2) is 5.13 Å². The number of nitrogens with zero attached hydrogens (tertiary/aromatic N) is 2. The SMILES string of the molecule is CN(C(=O)c1ccc(S(=O)(=O)Nc2nccs2)cc1)C(Cc1ccccc1)c1ccccc1. The maximum Gasteiger partial charge on any atom is 0.263 e. The molecule has 1 aromatic heterocycles. The Balaban J connectivity index is 1.56. The molecule has 1 unspecified atom stereocenters. The lowest BCUT2D eigenvalue weighted by Gasteiger charge is -2.29. The molecule has 0 aliphatic heterocycles. The van der Waals surface area contributed by atoms with Crippen molar-refractivity contribution in [3.05, 3.63) is 113 Å². The van der Waals surface area contributed by atoms with E-state index < -0.39 is 10.0 Å². The van der Waals surface area contributed by atoms with Gasteiger partial charge in [0.25, 0.3) is 15.9 Å². The fraction of sp³-hybridized carbons (Fsp3) is 0.120. The minimum atomic E-state index is -3.77. The highest BCUT2D eigenvalue weighted by atomic mass is 32.2. The van der Waals surface area contributed by atoms with Crippen LogP contribution < -0.4 is 4.72 Å². The Kier molecular flexibility index (Phi) is 6.86. The summed E-state index contributed by atoms with van der Waals surface area (Å²) in [5, 5.41) is 1.98. The number of carbonyl (C=O) groups excluding carboxylic acids is 1. The minimum Gasteiger partial charge on any atom is -0.334 e. The van der Waals surface area contributed by atoms with E-state index >= 15 is 0 Å². The van der Waals surface area contributed by atoms with Crippen LogP contribution in [-0.4, -0.2) is 31.3 Å². The molecule has 1 amide bonds. The van der Waals surface area contributed by atoms with Crippen molar-refractivity contribution < 1.29 is 13.2 Å². The van der Waals surface area contributed by atoms with Crippen molar-refractivity contribution in [1.29, 1.82) is 0 Å². The number of rotatable bonds is 8. The summed E-state index contributed by atoms with van der Waals surface area (Å²) < 4.78 is 27.6. The zero-order valence-corrected chi connectivity index (χ0v) is 19.6. The van der Waals surface area contributed by atoms with Crippen LogP contribution in [0.1, 0.15) is 27.5 Å². The van der Waals surface area contributed by atoms with Crippen molar-refractivity contribution in [3.8, 4) is 0 Å². The van der Waals surface area contributed by atoms with Gasteiger partial charge in [-0.15, -0.1) is 11.3 Å². The summed E-state index contributed by atoms with van der Waals surface area (Å²) in [7, 11) is -2.00. The summed E-state index contributed by atoms with van der Waals surface area (Å²) in [6.07, 6.45) is 2.19. The number of likely N-dealkylation sites (N-methyl/N-ethyl adjacent to an activating group) is 1. The number of sulfonamides is 1. The van der Waals surface area contributed by atoms with Crippen LogP contribution >= 0.6 is 11.3 Å². The number of nitrogens with one attached hydrogen (secondary N) is 1. The van der Waals surface area contributed by atoms with E-state index in [2.05, 4.69) is 9.71 Å². The molecule has 6 nitrogen and oxygen atoms in total. The molecule has 0 saturated heterocycles. The number of amides is 1. The largest absolute Gasteiger partial charge is 0.334 e. The molecule has 0 aliphatic rings. The summed E-state index contributed by atoms with van der Waals surface area (Å²) in [4.78, 5) is 19.0. The lowest BCUT2D eigenvalue weighted by Crippen LogP contribution is -2.32. The topological polar surface area (TPSA) is 79.4 Å². The average Bonchev–Trinajstić information content (AvgIpc) is 3.35.